The Morgan fingerprint density at radius 3 is 2.00 bits per heavy atom. The van der Waals surface area contributed by atoms with Crippen LogP contribution < -0.4 is 5.32 Å². The van der Waals surface area contributed by atoms with Gasteiger partial charge in [0.25, 0.3) is 0 Å². The second-order valence-electron chi connectivity index (χ2n) is 5.90. The highest BCUT2D eigenvalue weighted by Gasteiger charge is 2.20. The second kappa shape index (κ2) is 6.49. The van der Waals surface area contributed by atoms with E-state index in [2.05, 4.69) is 46.9 Å². The van der Waals surface area contributed by atoms with Crippen molar-refractivity contribution < 1.29 is 4.74 Å². The van der Waals surface area contributed by atoms with E-state index in [0.29, 0.717) is 17.8 Å². The molecule has 1 N–H and O–H groups in total. The van der Waals surface area contributed by atoms with E-state index < -0.39 is 0 Å². The lowest BCUT2D eigenvalue weighted by molar-refractivity contribution is 0.114. The molecule has 2 heteroatoms. The van der Waals surface area contributed by atoms with Crippen molar-refractivity contribution in [3.05, 3.63) is 0 Å². The molecule has 2 nitrogen and oxygen atoms in total. The van der Waals surface area contributed by atoms with Crippen LogP contribution in [0.3, 0.4) is 0 Å². The lowest BCUT2D eigenvalue weighted by Crippen LogP contribution is -2.40. The van der Waals surface area contributed by atoms with Crippen molar-refractivity contribution in [1.82, 2.24) is 5.32 Å². The molecular weight excluding hydrogens is 186 g/mol. The summed E-state index contributed by atoms with van der Waals surface area (Å²) in [5.74, 6) is 2.01. The Balaban J connectivity index is 3.93. The first-order valence-corrected chi connectivity index (χ1v) is 6.02. The van der Waals surface area contributed by atoms with Crippen LogP contribution in [0, 0.1) is 17.8 Å². The molecule has 0 spiro atoms. The summed E-state index contributed by atoms with van der Waals surface area (Å²) in [5.41, 5.74) is 0.221. The molecule has 0 aromatic rings. The van der Waals surface area contributed by atoms with Gasteiger partial charge < -0.3 is 10.1 Å². The van der Waals surface area contributed by atoms with Gasteiger partial charge in [0.1, 0.15) is 0 Å². The van der Waals surface area contributed by atoms with Gasteiger partial charge in [0, 0.05) is 19.3 Å². The maximum atomic E-state index is 5.20. The summed E-state index contributed by atoms with van der Waals surface area (Å²) in [4.78, 5) is 0. The Bertz CT molecular complexity index is 162. The maximum absolute atomic E-state index is 5.20. The van der Waals surface area contributed by atoms with Gasteiger partial charge in [-0.2, -0.15) is 0 Å². The van der Waals surface area contributed by atoms with Crippen molar-refractivity contribution in [2.45, 2.75) is 47.1 Å². The third-order valence-electron chi connectivity index (χ3n) is 3.18. The van der Waals surface area contributed by atoms with Crippen LogP contribution in [0.2, 0.25) is 0 Å². The molecule has 15 heavy (non-hydrogen) atoms. The minimum atomic E-state index is 0.221. The van der Waals surface area contributed by atoms with E-state index in [1.165, 1.54) is 0 Å². The minimum Gasteiger partial charge on any atom is -0.384 e. The molecule has 0 aromatic heterocycles. The summed E-state index contributed by atoms with van der Waals surface area (Å²) in [6, 6.07) is 0. The van der Waals surface area contributed by atoms with Crippen molar-refractivity contribution >= 4 is 0 Å². The van der Waals surface area contributed by atoms with Gasteiger partial charge in [-0.3, -0.25) is 0 Å². The number of hydrogen-bond acceptors (Lipinski definition) is 2. The molecule has 0 radical (unpaired) electrons. The van der Waals surface area contributed by atoms with E-state index in [1.807, 2.05) is 0 Å². The highest BCUT2D eigenvalue weighted by molar-refractivity contribution is 4.75. The molecule has 3 unspecified atom stereocenters. The van der Waals surface area contributed by atoms with Crippen LogP contribution in [-0.4, -0.2) is 25.8 Å². The fourth-order valence-electron chi connectivity index (χ4n) is 1.63. The van der Waals surface area contributed by atoms with E-state index >= 15 is 0 Å². The summed E-state index contributed by atoms with van der Waals surface area (Å²) in [6.07, 6.45) is 0. The molecular formula is C13H29NO. The summed E-state index contributed by atoms with van der Waals surface area (Å²) in [5, 5.41) is 3.56. The number of nitrogens with one attached hydrogen (secondary N) is 1. The molecule has 0 aliphatic carbocycles. The largest absolute Gasteiger partial charge is 0.384 e. The number of rotatable bonds is 6. The molecule has 0 saturated carbocycles. The van der Waals surface area contributed by atoms with Gasteiger partial charge in [-0.1, -0.05) is 20.8 Å². The van der Waals surface area contributed by atoms with Crippen molar-refractivity contribution in [2.75, 3.05) is 20.3 Å². The lowest BCUT2D eigenvalue weighted by Gasteiger charge is -2.29. The average molecular weight is 215 g/mol. The predicted molar refractivity (Wildman–Crippen MR) is 67.1 cm³/mol. The Labute approximate surface area is 95.8 Å². The van der Waals surface area contributed by atoms with Gasteiger partial charge in [-0.15, -0.1) is 0 Å². The summed E-state index contributed by atoms with van der Waals surface area (Å²) in [7, 11) is 1.78. The van der Waals surface area contributed by atoms with Gasteiger partial charge in [0.05, 0.1) is 0 Å². The van der Waals surface area contributed by atoms with Crippen molar-refractivity contribution in [3.63, 3.8) is 0 Å². The van der Waals surface area contributed by atoms with Gasteiger partial charge in [0.15, 0.2) is 0 Å². The van der Waals surface area contributed by atoms with Crippen molar-refractivity contribution in [3.8, 4) is 0 Å². The lowest BCUT2D eigenvalue weighted by atomic mass is 9.85. The predicted octanol–water partition coefficient (Wildman–Crippen LogP) is 2.93. The molecule has 0 bridgehead atoms. The SMILES string of the molecule is COCC(C)C(C)C(C)CNC(C)(C)C. The Morgan fingerprint density at radius 2 is 1.60 bits per heavy atom. The zero-order valence-electron chi connectivity index (χ0n) is 11.6. The molecule has 0 rings (SSSR count). The molecule has 0 amide bonds. The zero-order valence-corrected chi connectivity index (χ0v) is 11.6. The highest BCUT2D eigenvalue weighted by Crippen LogP contribution is 2.20. The van der Waals surface area contributed by atoms with Crippen LogP contribution in [0.1, 0.15) is 41.5 Å². The molecule has 0 aliphatic rings. The highest BCUT2D eigenvalue weighted by atomic mass is 16.5. The first-order chi connectivity index (χ1) is 6.78. The first kappa shape index (κ1) is 14.9. The van der Waals surface area contributed by atoms with Crippen molar-refractivity contribution in [2.24, 2.45) is 17.8 Å². The summed E-state index contributed by atoms with van der Waals surface area (Å²) < 4.78 is 5.20. The fraction of sp³-hybridized carbons (Fsp3) is 1.00. The normalized spacial score (nSPS) is 18.6. The smallest absolute Gasteiger partial charge is 0.0490 e. The van der Waals surface area contributed by atoms with Gasteiger partial charge >= 0.3 is 0 Å². The van der Waals surface area contributed by atoms with Crippen LogP contribution in [0.15, 0.2) is 0 Å². The Hall–Kier alpha value is -0.0800. The van der Waals surface area contributed by atoms with E-state index in [0.717, 1.165) is 13.2 Å². The quantitative estimate of drug-likeness (QED) is 0.735. The number of methoxy groups -OCH3 is 1. The topological polar surface area (TPSA) is 21.3 Å². The van der Waals surface area contributed by atoms with Crippen LogP contribution >= 0.6 is 0 Å². The molecule has 0 fully saturated rings. The van der Waals surface area contributed by atoms with E-state index in [1.54, 1.807) is 7.11 Å². The van der Waals surface area contributed by atoms with Crippen LogP contribution in [0.25, 0.3) is 0 Å². The van der Waals surface area contributed by atoms with Crippen LogP contribution in [0.4, 0.5) is 0 Å². The molecule has 0 aromatic carbocycles. The maximum Gasteiger partial charge on any atom is 0.0490 e. The standard InChI is InChI=1S/C13H29NO/c1-10(8-14-13(4,5)6)12(3)11(2)9-15-7/h10-12,14H,8-9H2,1-7H3. The van der Waals surface area contributed by atoms with E-state index in [9.17, 15) is 0 Å². The molecule has 3 atom stereocenters. The molecule has 92 valence electrons. The Morgan fingerprint density at radius 1 is 1.07 bits per heavy atom. The summed E-state index contributed by atoms with van der Waals surface area (Å²) >= 11 is 0. The number of hydrogen-bond donors (Lipinski definition) is 1. The third-order valence-corrected chi connectivity index (χ3v) is 3.18. The molecule has 0 saturated heterocycles. The monoisotopic (exact) mass is 215 g/mol. The average Bonchev–Trinajstić information content (AvgIpc) is 2.12. The molecule has 0 heterocycles. The Kier molecular flexibility index (Phi) is 6.46. The van der Waals surface area contributed by atoms with Gasteiger partial charge in [-0.25, -0.2) is 0 Å². The first-order valence-electron chi connectivity index (χ1n) is 6.02. The molecule has 0 aliphatic heterocycles. The van der Waals surface area contributed by atoms with Gasteiger partial charge in [-0.05, 0) is 45.1 Å². The van der Waals surface area contributed by atoms with E-state index in [-0.39, 0.29) is 5.54 Å². The van der Waals surface area contributed by atoms with Gasteiger partial charge in [0.2, 0.25) is 0 Å². The zero-order chi connectivity index (χ0) is 12.1. The fourth-order valence-corrected chi connectivity index (χ4v) is 1.63. The van der Waals surface area contributed by atoms with E-state index in [4.69, 9.17) is 4.74 Å². The third kappa shape index (κ3) is 6.91. The second-order valence-corrected chi connectivity index (χ2v) is 5.90. The van der Waals surface area contributed by atoms with Crippen molar-refractivity contribution in [1.29, 1.82) is 0 Å². The minimum absolute atomic E-state index is 0.221. The number of ether oxygens (including phenoxy) is 1. The van der Waals surface area contributed by atoms with Crippen LogP contribution in [-0.2, 0) is 4.74 Å². The summed E-state index contributed by atoms with van der Waals surface area (Å²) in [6.45, 7) is 15.5. The van der Waals surface area contributed by atoms with Crippen LogP contribution in [0.5, 0.6) is 0 Å².